The van der Waals surface area contributed by atoms with Crippen molar-refractivity contribution in [3.05, 3.63) is 83.6 Å². The number of allylic oxidation sites excluding steroid dienone is 2. The predicted octanol–water partition coefficient (Wildman–Crippen LogP) is 4.31. The van der Waals surface area contributed by atoms with Crippen molar-refractivity contribution in [1.82, 2.24) is 29.9 Å². The second-order valence-corrected chi connectivity index (χ2v) is 8.32. The first-order valence-corrected chi connectivity index (χ1v) is 10.5. The minimum absolute atomic E-state index is 0.212. The fourth-order valence-electron chi connectivity index (χ4n) is 4.34. The average Bonchev–Trinajstić information content (AvgIpc) is 3.49. The number of carbonyl (C=O) groups excluding carboxylic acids is 1. The summed E-state index contributed by atoms with van der Waals surface area (Å²) in [5.41, 5.74) is 2.07. The van der Waals surface area contributed by atoms with Crippen LogP contribution < -0.4 is 0 Å². The molecule has 0 spiro atoms. The Labute approximate surface area is 192 Å². The Morgan fingerprint density at radius 1 is 1.18 bits per heavy atom. The van der Waals surface area contributed by atoms with Crippen LogP contribution >= 0.6 is 0 Å². The lowest BCUT2D eigenvalue weighted by atomic mass is 9.74. The molecule has 1 unspecified atom stereocenters. The van der Waals surface area contributed by atoms with Crippen molar-refractivity contribution in [2.75, 3.05) is 0 Å². The van der Waals surface area contributed by atoms with E-state index < -0.39 is 17.3 Å². The van der Waals surface area contributed by atoms with Gasteiger partial charge < -0.3 is 9.36 Å². The van der Waals surface area contributed by atoms with E-state index in [2.05, 4.69) is 26.3 Å². The summed E-state index contributed by atoms with van der Waals surface area (Å²) in [4.78, 5) is 20.9. The maximum Gasteiger partial charge on any atom is 0.435 e. The summed E-state index contributed by atoms with van der Waals surface area (Å²) < 4.78 is 41.5. The lowest BCUT2D eigenvalue weighted by Crippen LogP contribution is -2.34. The summed E-state index contributed by atoms with van der Waals surface area (Å²) in [6.07, 6.45) is 5.71. The number of alkyl halides is 3. The van der Waals surface area contributed by atoms with Gasteiger partial charge in [-0.15, -0.1) is 5.10 Å². The van der Waals surface area contributed by atoms with Crippen LogP contribution in [-0.2, 0) is 29.4 Å². The Hall–Kier alpha value is -4.08. The van der Waals surface area contributed by atoms with E-state index in [-0.39, 0.29) is 11.3 Å². The number of hydrogen-bond donors (Lipinski definition) is 1. The Bertz CT molecular complexity index is 1400. The average molecular weight is 464 g/mol. The molecule has 7 nitrogen and oxygen atoms in total. The summed E-state index contributed by atoms with van der Waals surface area (Å²) in [6, 6.07) is 8.98. The van der Waals surface area contributed by atoms with Crippen molar-refractivity contribution in [1.29, 1.82) is 0 Å². The number of aryl methyl sites for hydroxylation is 1. The lowest BCUT2D eigenvalue weighted by Gasteiger charge is -2.31. The van der Waals surface area contributed by atoms with Crippen molar-refractivity contribution in [3.8, 4) is 22.6 Å². The maximum absolute atomic E-state index is 13.2. The van der Waals surface area contributed by atoms with Gasteiger partial charge in [0.1, 0.15) is 17.7 Å². The standard InChI is InChI=1S/C24H19F3N6O/c1-15-4-5-18-16(9-15)3-2-7-23(18,13-34)12-33-11-20(29-14-33)19-10-17(6-8-28-19)21-22(24(25,26)27)31-32-30-21/h2,4-11,13-14H,3,12H2,1H3,(H,30,31,32). The topological polar surface area (TPSA) is 89.4 Å². The van der Waals surface area contributed by atoms with Crippen molar-refractivity contribution < 1.29 is 18.0 Å². The minimum atomic E-state index is -4.62. The minimum Gasteiger partial charge on any atom is -0.335 e. The van der Waals surface area contributed by atoms with Gasteiger partial charge in [0.25, 0.3) is 0 Å². The summed E-state index contributed by atoms with van der Waals surface area (Å²) in [5, 5.41) is 8.80. The summed E-state index contributed by atoms with van der Waals surface area (Å²) in [7, 11) is 0. The summed E-state index contributed by atoms with van der Waals surface area (Å²) in [5.74, 6) is 0. The highest BCUT2D eigenvalue weighted by Crippen LogP contribution is 2.36. The molecule has 1 N–H and O–H groups in total. The normalized spacial score (nSPS) is 17.5. The SMILES string of the molecule is Cc1ccc2c(c1)CC=CC2(C=O)Cn1cnc(-c2cc(-c3nn[nH]c3C(F)(F)F)ccn2)c1. The number of nitrogens with one attached hydrogen (secondary N) is 1. The van der Waals surface area contributed by atoms with Gasteiger partial charge in [0.2, 0.25) is 0 Å². The van der Waals surface area contributed by atoms with Crippen LogP contribution in [-0.4, -0.2) is 36.2 Å². The molecule has 10 heteroatoms. The van der Waals surface area contributed by atoms with Gasteiger partial charge in [0.05, 0.1) is 17.4 Å². The van der Waals surface area contributed by atoms with Crippen LogP contribution in [0.25, 0.3) is 22.6 Å². The molecule has 0 radical (unpaired) electrons. The number of fused-ring (bicyclic) bond motifs is 1. The molecule has 0 amide bonds. The molecular formula is C24H19F3N6O. The molecule has 1 aliphatic carbocycles. The highest BCUT2D eigenvalue weighted by atomic mass is 19.4. The molecule has 3 heterocycles. The number of hydrogen-bond acceptors (Lipinski definition) is 5. The number of benzene rings is 1. The number of rotatable bonds is 5. The predicted molar refractivity (Wildman–Crippen MR) is 118 cm³/mol. The molecule has 0 saturated heterocycles. The quantitative estimate of drug-likeness (QED) is 0.351. The van der Waals surface area contributed by atoms with Gasteiger partial charge in [-0.2, -0.15) is 13.2 Å². The van der Waals surface area contributed by atoms with E-state index in [0.29, 0.717) is 17.9 Å². The number of aromatic nitrogens is 6. The number of imidazole rings is 1. The van der Waals surface area contributed by atoms with Crippen LogP contribution in [0.1, 0.15) is 22.4 Å². The molecule has 1 aliphatic rings. The van der Waals surface area contributed by atoms with Gasteiger partial charge in [0, 0.05) is 24.5 Å². The Morgan fingerprint density at radius 3 is 2.82 bits per heavy atom. The monoisotopic (exact) mass is 464 g/mol. The van der Waals surface area contributed by atoms with Gasteiger partial charge in [-0.05, 0) is 36.6 Å². The first-order valence-electron chi connectivity index (χ1n) is 10.5. The van der Waals surface area contributed by atoms with Gasteiger partial charge in [-0.1, -0.05) is 41.1 Å². The molecule has 1 atom stereocenters. The number of pyridine rings is 1. The molecule has 172 valence electrons. The molecule has 1 aromatic carbocycles. The molecule has 0 fully saturated rings. The fourth-order valence-corrected chi connectivity index (χ4v) is 4.34. The van der Waals surface area contributed by atoms with Crippen molar-refractivity contribution >= 4 is 6.29 Å². The zero-order chi connectivity index (χ0) is 23.9. The summed E-state index contributed by atoms with van der Waals surface area (Å²) in [6.45, 7) is 2.35. The van der Waals surface area contributed by atoms with Crippen molar-refractivity contribution in [2.45, 2.75) is 31.5 Å². The molecule has 0 saturated carbocycles. The van der Waals surface area contributed by atoms with Gasteiger partial charge in [-0.3, -0.25) is 10.1 Å². The maximum atomic E-state index is 13.2. The van der Waals surface area contributed by atoms with E-state index in [4.69, 9.17) is 0 Å². The lowest BCUT2D eigenvalue weighted by molar-refractivity contribution is -0.140. The number of nitrogens with zero attached hydrogens (tertiary/aromatic N) is 5. The molecule has 0 aliphatic heterocycles. The van der Waals surface area contributed by atoms with Crippen LogP contribution in [0, 0.1) is 6.92 Å². The number of aromatic amines is 1. The third-order valence-corrected chi connectivity index (χ3v) is 5.93. The third kappa shape index (κ3) is 3.81. The fraction of sp³-hybridized carbons (Fsp3) is 0.208. The highest BCUT2D eigenvalue weighted by Gasteiger charge is 2.37. The van der Waals surface area contributed by atoms with Crippen LogP contribution in [0.4, 0.5) is 13.2 Å². The van der Waals surface area contributed by atoms with Gasteiger partial charge in [0.15, 0.2) is 5.69 Å². The van der Waals surface area contributed by atoms with E-state index in [0.717, 1.165) is 29.4 Å². The number of aldehydes is 1. The van der Waals surface area contributed by atoms with E-state index in [1.807, 2.05) is 36.3 Å². The zero-order valence-corrected chi connectivity index (χ0v) is 18.0. The smallest absolute Gasteiger partial charge is 0.335 e. The van der Waals surface area contributed by atoms with Gasteiger partial charge >= 0.3 is 6.18 Å². The van der Waals surface area contributed by atoms with E-state index >= 15 is 0 Å². The molecule has 3 aromatic heterocycles. The largest absolute Gasteiger partial charge is 0.435 e. The second kappa shape index (κ2) is 8.05. The molecule has 4 aromatic rings. The first kappa shape index (κ1) is 21.7. The Kier molecular flexibility index (Phi) is 5.15. The van der Waals surface area contributed by atoms with Crippen LogP contribution in [0.15, 0.2) is 61.2 Å². The summed E-state index contributed by atoms with van der Waals surface area (Å²) >= 11 is 0. The number of halogens is 3. The highest BCUT2D eigenvalue weighted by molar-refractivity contribution is 5.74. The van der Waals surface area contributed by atoms with E-state index in [1.54, 1.807) is 17.1 Å². The molecule has 5 rings (SSSR count). The van der Waals surface area contributed by atoms with Crippen molar-refractivity contribution in [2.24, 2.45) is 0 Å². The van der Waals surface area contributed by atoms with Crippen LogP contribution in [0.5, 0.6) is 0 Å². The van der Waals surface area contributed by atoms with E-state index in [1.165, 1.54) is 18.3 Å². The first-order chi connectivity index (χ1) is 16.3. The van der Waals surface area contributed by atoms with E-state index in [9.17, 15) is 18.0 Å². The molecule has 0 bridgehead atoms. The van der Waals surface area contributed by atoms with Gasteiger partial charge in [-0.25, -0.2) is 4.98 Å². The van der Waals surface area contributed by atoms with Crippen molar-refractivity contribution in [3.63, 3.8) is 0 Å². The zero-order valence-electron chi connectivity index (χ0n) is 18.0. The third-order valence-electron chi connectivity index (χ3n) is 5.93. The molecular weight excluding hydrogens is 445 g/mol. The Balaban J connectivity index is 1.46. The number of carbonyl (C=O) groups is 1. The number of H-pyrrole nitrogens is 1. The molecule has 34 heavy (non-hydrogen) atoms. The second-order valence-electron chi connectivity index (χ2n) is 8.32. The Morgan fingerprint density at radius 2 is 2.03 bits per heavy atom. The van der Waals surface area contributed by atoms with Crippen LogP contribution in [0.2, 0.25) is 0 Å². The van der Waals surface area contributed by atoms with Crippen LogP contribution in [0.3, 0.4) is 0 Å².